The van der Waals surface area contributed by atoms with Crippen LogP contribution in [0.15, 0.2) is 0 Å². The van der Waals surface area contributed by atoms with Crippen LogP contribution in [0.1, 0.15) is 27.7 Å². The van der Waals surface area contributed by atoms with E-state index in [2.05, 4.69) is 0 Å². The van der Waals surface area contributed by atoms with E-state index in [4.69, 9.17) is 15.5 Å². The van der Waals surface area contributed by atoms with Gasteiger partial charge in [-0.1, -0.05) is 0 Å². The molecule has 0 radical (unpaired) electrons. The molecule has 0 bridgehead atoms. The van der Waals surface area contributed by atoms with Crippen LogP contribution in [0.4, 0.5) is 0 Å². The Morgan fingerprint density at radius 1 is 1.50 bits per heavy atom. The van der Waals surface area contributed by atoms with E-state index in [0.717, 1.165) is 0 Å². The zero-order valence-electron chi connectivity index (χ0n) is 7.18. The van der Waals surface area contributed by atoms with E-state index in [9.17, 15) is 0 Å². The van der Waals surface area contributed by atoms with Gasteiger partial charge >= 0.3 is 0 Å². The molecule has 3 nitrogen and oxygen atoms in total. The molecule has 0 aromatic rings. The van der Waals surface area contributed by atoms with Crippen LogP contribution in [0.5, 0.6) is 0 Å². The summed E-state index contributed by atoms with van der Waals surface area (Å²) in [6.45, 7) is 8.37. The van der Waals surface area contributed by atoms with Gasteiger partial charge in [-0.3, -0.25) is 4.84 Å². The third-order valence-corrected chi connectivity index (χ3v) is 1.70. The molecule has 0 aliphatic carbocycles. The molecule has 0 fully saturated rings. The molecule has 0 aromatic heterocycles. The molecular formula is C7H17NO2. The minimum absolute atomic E-state index is 0.0301. The molecule has 0 aliphatic rings. The van der Waals surface area contributed by atoms with Gasteiger partial charge in [-0.05, 0) is 27.7 Å². The summed E-state index contributed by atoms with van der Waals surface area (Å²) in [6.07, 6.45) is 0.0301. The van der Waals surface area contributed by atoms with Gasteiger partial charge in [0.25, 0.3) is 0 Å². The normalized spacial score (nSPS) is 15.3. The molecule has 2 N–H and O–H groups in total. The fraction of sp³-hybridized carbons (Fsp3) is 1.00. The number of hydrogen-bond donors (Lipinski definition) is 1. The Balaban J connectivity index is 3.78. The van der Waals surface area contributed by atoms with Crippen molar-refractivity contribution in [3.8, 4) is 0 Å². The van der Waals surface area contributed by atoms with Crippen molar-refractivity contribution in [3.05, 3.63) is 0 Å². The maximum atomic E-state index is 5.29. The van der Waals surface area contributed by atoms with E-state index in [1.54, 1.807) is 0 Å². The van der Waals surface area contributed by atoms with Gasteiger partial charge in [-0.15, -0.1) is 0 Å². The second kappa shape index (κ2) is 3.91. The zero-order chi connectivity index (χ0) is 8.20. The number of rotatable bonds is 4. The third-order valence-electron chi connectivity index (χ3n) is 1.70. The lowest BCUT2D eigenvalue weighted by Crippen LogP contribution is -2.41. The molecule has 0 saturated heterocycles. The van der Waals surface area contributed by atoms with Crippen LogP contribution in [-0.4, -0.2) is 18.3 Å². The molecule has 0 heterocycles. The summed E-state index contributed by atoms with van der Waals surface area (Å²) < 4.78 is 5.29. The highest BCUT2D eigenvalue weighted by Gasteiger charge is 2.26. The van der Waals surface area contributed by atoms with Gasteiger partial charge in [-0.2, -0.15) is 0 Å². The molecule has 1 atom stereocenters. The van der Waals surface area contributed by atoms with Crippen molar-refractivity contribution in [2.24, 2.45) is 5.90 Å². The van der Waals surface area contributed by atoms with Crippen LogP contribution in [-0.2, 0) is 9.57 Å². The Bertz CT molecular complexity index is 93.6. The second-order valence-electron chi connectivity index (χ2n) is 2.82. The largest absolute Gasteiger partial charge is 0.376 e. The molecule has 10 heavy (non-hydrogen) atoms. The van der Waals surface area contributed by atoms with Crippen LogP contribution >= 0.6 is 0 Å². The maximum Gasteiger partial charge on any atom is 0.109 e. The van der Waals surface area contributed by atoms with Crippen LogP contribution in [0.25, 0.3) is 0 Å². The minimum atomic E-state index is -0.393. The average Bonchev–Trinajstić information content (AvgIpc) is 1.89. The standard InChI is InChI=1S/C7H17NO2/c1-5-9-6(2)7(3,4)10-8/h6H,5,8H2,1-4H3. The van der Waals surface area contributed by atoms with Crippen molar-refractivity contribution >= 4 is 0 Å². The van der Waals surface area contributed by atoms with Gasteiger partial charge < -0.3 is 4.74 Å². The summed E-state index contributed by atoms with van der Waals surface area (Å²) in [4.78, 5) is 4.73. The van der Waals surface area contributed by atoms with E-state index in [1.165, 1.54) is 0 Å². The lowest BCUT2D eigenvalue weighted by Gasteiger charge is -2.28. The monoisotopic (exact) mass is 147 g/mol. The van der Waals surface area contributed by atoms with Crippen molar-refractivity contribution in [2.75, 3.05) is 6.61 Å². The molecule has 62 valence electrons. The summed E-state index contributed by atoms with van der Waals surface area (Å²) in [7, 11) is 0. The highest BCUT2D eigenvalue weighted by atomic mass is 16.6. The first kappa shape index (κ1) is 9.88. The van der Waals surface area contributed by atoms with Gasteiger partial charge in [-0.25, -0.2) is 5.90 Å². The Kier molecular flexibility index (Phi) is 3.86. The van der Waals surface area contributed by atoms with Gasteiger partial charge in [0.15, 0.2) is 0 Å². The maximum absolute atomic E-state index is 5.29. The Morgan fingerprint density at radius 2 is 2.00 bits per heavy atom. The quantitative estimate of drug-likeness (QED) is 0.605. The van der Waals surface area contributed by atoms with Crippen LogP contribution < -0.4 is 5.90 Å². The molecule has 0 aromatic carbocycles. The van der Waals surface area contributed by atoms with Crippen LogP contribution in [0.2, 0.25) is 0 Å². The summed E-state index contributed by atoms with van der Waals surface area (Å²) in [5.41, 5.74) is -0.393. The van der Waals surface area contributed by atoms with Crippen molar-refractivity contribution in [1.29, 1.82) is 0 Å². The van der Waals surface area contributed by atoms with E-state index in [0.29, 0.717) is 6.61 Å². The van der Waals surface area contributed by atoms with Gasteiger partial charge in [0.1, 0.15) is 5.60 Å². The highest BCUT2D eigenvalue weighted by Crippen LogP contribution is 2.14. The molecule has 1 unspecified atom stereocenters. The van der Waals surface area contributed by atoms with Crippen molar-refractivity contribution in [1.82, 2.24) is 0 Å². The topological polar surface area (TPSA) is 44.5 Å². The van der Waals surface area contributed by atoms with Crippen LogP contribution in [0, 0.1) is 0 Å². The number of nitrogens with two attached hydrogens (primary N) is 1. The summed E-state index contributed by atoms with van der Waals surface area (Å²) >= 11 is 0. The molecule has 0 aliphatic heterocycles. The first-order valence-corrected chi connectivity index (χ1v) is 3.54. The smallest absolute Gasteiger partial charge is 0.109 e. The molecular weight excluding hydrogens is 130 g/mol. The number of hydrogen-bond acceptors (Lipinski definition) is 3. The summed E-state index contributed by atoms with van der Waals surface area (Å²) in [5.74, 6) is 5.06. The van der Waals surface area contributed by atoms with E-state index < -0.39 is 5.60 Å². The molecule has 0 rings (SSSR count). The van der Waals surface area contributed by atoms with E-state index >= 15 is 0 Å². The molecule has 0 spiro atoms. The Hall–Kier alpha value is -0.120. The second-order valence-corrected chi connectivity index (χ2v) is 2.82. The number of ether oxygens (including phenoxy) is 1. The molecule has 0 saturated carbocycles. The summed E-state index contributed by atoms with van der Waals surface area (Å²) in [5, 5.41) is 0. The van der Waals surface area contributed by atoms with Gasteiger partial charge in [0.05, 0.1) is 6.10 Å². The fourth-order valence-electron chi connectivity index (χ4n) is 0.547. The predicted octanol–water partition coefficient (Wildman–Crippen LogP) is 1.08. The average molecular weight is 147 g/mol. The van der Waals surface area contributed by atoms with Crippen molar-refractivity contribution in [3.63, 3.8) is 0 Å². The van der Waals surface area contributed by atoms with Gasteiger partial charge in [0, 0.05) is 6.61 Å². The van der Waals surface area contributed by atoms with Gasteiger partial charge in [0.2, 0.25) is 0 Å². The summed E-state index contributed by atoms with van der Waals surface area (Å²) in [6, 6.07) is 0. The molecule has 3 heteroatoms. The Labute approximate surface area is 62.4 Å². The van der Waals surface area contributed by atoms with Crippen LogP contribution in [0.3, 0.4) is 0 Å². The SMILES string of the molecule is CCOC(C)C(C)(C)ON. The van der Waals surface area contributed by atoms with Crippen molar-refractivity contribution < 1.29 is 9.57 Å². The highest BCUT2D eigenvalue weighted by molar-refractivity contribution is 4.75. The lowest BCUT2D eigenvalue weighted by molar-refractivity contribution is -0.119. The Morgan fingerprint density at radius 3 is 2.30 bits per heavy atom. The van der Waals surface area contributed by atoms with Crippen molar-refractivity contribution in [2.45, 2.75) is 39.4 Å². The molecule has 0 amide bonds. The minimum Gasteiger partial charge on any atom is -0.376 e. The fourth-order valence-corrected chi connectivity index (χ4v) is 0.547. The first-order chi connectivity index (χ1) is 4.54. The lowest BCUT2D eigenvalue weighted by atomic mass is 10.0. The zero-order valence-corrected chi connectivity index (χ0v) is 7.18. The van der Waals surface area contributed by atoms with E-state index in [-0.39, 0.29) is 6.10 Å². The van der Waals surface area contributed by atoms with E-state index in [1.807, 2.05) is 27.7 Å². The third kappa shape index (κ3) is 2.64. The first-order valence-electron chi connectivity index (χ1n) is 3.54. The predicted molar refractivity (Wildman–Crippen MR) is 40.4 cm³/mol.